The molecule has 6 nitrogen and oxygen atoms in total. The number of amides is 1. The van der Waals surface area contributed by atoms with Gasteiger partial charge in [-0.2, -0.15) is 13.2 Å². The van der Waals surface area contributed by atoms with Gasteiger partial charge in [0.1, 0.15) is 11.5 Å². The molecule has 1 aliphatic heterocycles. The Morgan fingerprint density at radius 2 is 2.05 bits per heavy atom. The number of nitrogens with zero attached hydrogens (tertiary/aromatic N) is 4. The van der Waals surface area contributed by atoms with Crippen molar-refractivity contribution in [3.63, 3.8) is 0 Å². The first-order valence-corrected chi connectivity index (χ1v) is 6.70. The van der Waals surface area contributed by atoms with Crippen molar-refractivity contribution in [3.8, 4) is 0 Å². The average molecular weight is 318 g/mol. The highest BCUT2D eigenvalue weighted by Crippen LogP contribution is 2.31. The number of hydrogen-bond donors (Lipinski definition) is 0. The molecule has 1 aromatic rings. The Balaban J connectivity index is 2.26. The van der Waals surface area contributed by atoms with Crippen molar-refractivity contribution in [2.45, 2.75) is 25.2 Å². The Morgan fingerprint density at radius 1 is 1.36 bits per heavy atom. The van der Waals surface area contributed by atoms with E-state index < -0.39 is 24.2 Å². The van der Waals surface area contributed by atoms with Crippen LogP contribution in [0.5, 0.6) is 0 Å². The lowest BCUT2D eigenvalue weighted by Gasteiger charge is -2.40. The zero-order valence-electron chi connectivity index (χ0n) is 12.5. The van der Waals surface area contributed by atoms with E-state index in [4.69, 9.17) is 4.74 Å². The van der Waals surface area contributed by atoms with Crippen molar-refractivity contribution >= 4 is 11.7 Å². The maximum absolute atomic E-state index is 13.2. The molecule has 122 valence electrons. The third kappa shape index (κ3) is 3.29. The van der Waals surface area contributed by atoms with Gasteiger partial charge in [0.2, 0.25) is 0 Å². The minimum absolute atomic E-state index is 0.0582. The van der Waals surface area contributed by atoms with Gasteiger partial charge in [-0.3, -0.25) is 4.79 Å². The predicted molar refractivity (Wildman–Crippen MR) is 72.7 cm³/mol. The normalized spacial score (nSPS) is 22.5. The number of carbonyl (C=O) groups excluding carboxylic acids is 1. The first-order chi connectivity index (χ1) is 10.2. The third-order valence-corrected chi connectivity index (χ3v) is 3.41. The zero-order valence-corrected chi connectivity index (χ0v) is 12.5. The van der Waals surface area contributed by atoms with Gasteiger partial charge in [-0.1, -0.05) is 0 Å². The molecule has 0 N–H and O–H groups in total. The van der Waals surface area contributed by atoms with Gasteiger partial charge in [-0.25, -0.2) is 9.97 Å². The molecular weight excluding hydrogens is 301 g/mol. The van der Waals surface area contributed by atoms with Crippen molar-refractivity contribution in [1.29, 1.82) is 0 Å². The van der Waals surface area contributed by atoms with E-state index in [0.717, 1.165) is 4.90 Å². The van der Waals surface area contributed by atoms with Crippen LogP contribution in [0.4, 0.5) is 19.0 Å². The monoisotopic (exact) mass is 318 g/mol. The van der Waals surface area contributed by atoms with Gasteiger partial charge in [-0.15, -0.1) is 0 Å². The number of halogens is 3. The van der Waals surface area contributed by atoms with Crippen LogP contribution >= 0.6 is 0 Å². The van der Waals surface area contributed by atoms with Crippen LogP contribution in [0.15, 0.2) is 12.4 Å². The highest BCUT2D eigenvalue weighted by atomic mass is 19.4. The van der Waals surface area contributed by atoms with Crippen LogP contribution in [0.3, 0.4) is 0 Å². The maximum Gasteiger partial charge on any atom is 0.411 e. The molecular formula is C13H17F3N4O2. The van der Waals surface area contributed by atoms with E-state index in [1.54, 1.807) is 19.0 Å². The number of ether oxygens (including phenoxy) is 1. The first-order valence-electron chi connectivity index (χ1n) is 6.70. The number of aromatic nitrogens is 2. The quantitative estimate of drug-likeness (QED) is 0.823. The Labute approximate surface area is 125 Å². The summed E-state index contributed by atoms with van der Waals surface area (Å²) in [5.41, 5.74) is -0.117. The summed E-state index contributed by atoms with van der Waals surface area (Å²) in [7, 11) is 3.49. The summed E-state index contributed by atoms with van der Waals surface area (Å²) >= 11 is 0. The van der Waals surface area contributed by atoms with Crippen molar-refractivity contribution in [2.75, 3.05) is 32.1 Å². The maximum atomic E-state index is 13.2. The summed E-state index contributed by atoms with van der Waals surface area (Å²) < 4.78 is 44.5. The number of rotatable bonds is 2. The summed E-state index contributed by atoms with van der Waals surface area (Å²) in [6.07, 6.45) is -3.15. The molecule has 1 saturated heterocycles. The van der Waals surface area contributed by atoms with Gasteiger partial charge in [0.25, 0.3) is 5.91 Å². The average Bonchev–Trinajstić information content (AvgIpc) is 2.45. The lowest BCUT2D eigenvalue weighted by molar-refractivity contribution is -0.220. The van der Waals surface area contributed by atoms with E-state index in [9.17, 15) is 18.0 Å². The van der Waals surface area contributed by atoms with Crippen molar-refractivity contribution in [2.24, 2.45) is 0 Å². The van der Waals surface area contributed by atoms with Gasteiger partial charge in [0.15, 0.2) is 6.04 Å². The van der Waals surface area contributed by atoms with Crippen molar-refractivity contribution in [1.82, 2.24) is 14.9 Å². The molecule has 1 fully saturated rings. The number of hydrogen-bond acceptors (Lipinski definition) is 5. The van der Waals surface area contributed by atoms with Crippen LogP contribution in [0.25, 0.3) is 0 Å². The van der Waals surface area contributed by atoms with Crippen LogP contribution in [-0.4, -0.2) is 66.3 Å². The fourth-order valence-electron chi connectivity index (χ4n) is 2.30. The van der Waals surface area contributed by atoms with Crippen molar-refractivity contribution in [3.05, 3.63) is 18.1 Å². The van der Waals surface area contributed by atoms with E-state index in [1.165, 1.54) is 19.3 Å². The van der Waals surface area contributed by atoms with Gasteiger partial charge in [-0.05, 0) is 6.92 Å². The topological polar surface area (TPSA) is 58.6 Å². The van der Waals surface area contributed by atoms with Crippen LogP contribution < -0.4 is 4.90 Å². The highest BCUT2D eigenvalue weighted by Gasteiger charge is 2.51. The highest BCUT2D eigenvalue weighted by molar-refractivity contribution is 5.92. The molecule has 9 heteroatoms. The molecule has 0 bridgehead atoms. The Hall–Kier alpha value is -1.90. The summed E-state index contributed by atoms with van der Waals surface area (Å²) in [4.78, 5) is 22.7. The molecule has 0 aromatic carbocycles. The molecule has 0 unspecified atom stereocenters. The molecule has 1 aliphatic rings. The second-order valence-electron chi connectivity index (χ2n) is 5.22. The molecule has 1 amide bonds. The molecule has 0 aliphatic carbocycles. The van der Waals surface area contributed by atoms with E-state index in [2.05, 4.69) is 9.97 Å². The Kier molecular flexibility index (Phi) is 4.55. The number of carbonyl (C=O) groups is 1. The molecule has 2 heterocycles. The molecule has 0 saturated carbocycles. The molecule has 2 atom stereocenters. The summed E-state index contributed by atoms with van der Waals surface area (Å²) in [5, 5.41) is 0. The molecule has 0 spiro atoms. The SMILES string of the molecule is C[C@@H]1OCCN(C(=O)c2cnc(N(C)C)cn2)[C@@H]1C(F)(F)F. The van der Waals surface area contributed by atoms with Gasteiger partial charge in [0.05, 0.1) is 25.1 Å². The predicted octanol–water partition coefficient (Wildman–Crippen LogP) is 1.33. The number of morpholine rings is 1. The molecule has 1 aromatic heterocycles. The fraction of sp³-hybridized carbons (Fsp3) is 0.615. The number of alkyl halides is 3. The second-order valence-corrected chi connectivity index (χ2v) is 5.22. The Bertz CT molecular complexity index is 533. The molecule has 0 radical (unpaired) electrons. The van der Waals surface area contributed by atoms with Crippen LogP contribution in [-0.2, 0) is 4.74 Å². The summed E-state index contributed by atoms with van der Waals surface area (Å²) in [6, 6.07) is -1.98. The van der Waals surface area contributed by atoms with E-state index >= 15 is 0 Å². The Morgan fingerprint density at radius 3 is 2.55 bits per heavy atom. The van der Waals surface area contributed by atoms with Crippen LogP contribution in [0.2, 0.25) is 0 Å². The minimum Gasteiger partial charge on any atom is -0.374 e. The van der Waals surface area contributed by atoms with E-state index in [0.29, 0.717) is 5.82 Å². The molecule has 2 rings (SSSR count). The van der Waals surface area contributed by atoms with E-state index in [-0.39, 0.29) is 18.8 Å². The largest absolute Gasteiger partial charge is 0.411 e. The second kappa shape index (κ2) is 6.07. The van der Waals surface area contributed by atoms with Gasteiger partial charge < -0.3 is 14.5 Å². The van der Waals surface area contributed by atoms with Crippen LogP contribution in [0, 0.1) is 0 Å². The first kappa shape index (κ1) is 16.5. The fourth-order valence-corrected chi connectivity index (χ4v) is 2.30. The number of anilines is 1. The standard InChI is InChI=1S/C13H17F3N4O2/c1-8-11(13(14,15)16)20(4-5-22-8)12(21)9-6-18-10(7-17-9)19(2)3/h6-8,11H,4-5H2,1-3H3/t8-,11-/m0/s1. The van der Waals surface area contributed by atoms with Crippen molar-refractivity contribution < 1.29 is 22.7 Å². The minimum atomic E-state index is -4.56. The smallest absolute Gasteiger partial charge is 0.374 e. The third-order valence-electron chi connectivity index (χ3n) is 3.41. The summed E-state index contributed by atoms with van der Waals surface area (Å²) in [5.74, 6) is -0.283. The summed E-state index contributed by atoms with van der Waals surface area (Å²) in [6.45, 7) is 1.23. The lowest BCUT2D eigenvalue weighted by atomic mass is 10.1. The molecule has 22 heavy (non-hydrogen) atoms. The van der Waals surface area contributed by atoms with E-state index in [1.807, 2.05) is 0 Å². The van der Waals surface area contributed by atoms with Gasteiger partial charge in [0, 0.05) is 20.6 Å². The van der Waals surface area contributed by atoms with Crippen LogP contribution in [0.1, 0.15) is 17.4 Å². The zero-order chi connectivity index (χ0) is 16.5. The van der Waals surface area contributed by atoms with Gasteiger partial charge >= 0.3 is 6.18 Å². The lowest BCUT2D eigenvalue weighted by Crippen LogP contribution is -2.59.